The highest BCUT2D eigenvalue weighted by Crippen LogP contribution is 1.98. The summed E-state index contributed by atoms with van der Waals surface area (Å²) in [6, 6.07) is 0. The number of hydrogen-bond donors (Lipinski definition) is 0. The quantitative estimate of drug-likeness (QED) is 0.465. The van der Waals surface area contributed by atoms with Gasteiger partial charge in [0.1, 0.15) is 6.61 Å². The summed E-state index contributed by atoms with van der Waals surface area (Å²) in [5, 5.41) is 0. The van der Waals surface area contributed by atoms with Crippen molar-refractivity contribution in [3.63, 3.8) is 0 Å². The van der Waals surface area contributed by atoms with Gasteiger partial charge in [0.05, 0.1) is 0 Å². The van der Waals surface area contributed by atoms with Gasteiger partial charge < -0.3 is 4.74 Å². The van der Waals surface area contributed by atoms with E-state index in [-0.39, 0.29) is 5.97 Å². The third-order valence-electron chi connectivity index (χ3n) is 1.26. The van der Waals surface area contributed by atoms with Crippen molar-refractivity contribution in [1.29, 1.82) is 0 Å². The third-order valence-corrected chi connectivity index (χ3v) is 1.26. The first-order valence-corrected chi connectivity index (χ1v) is 4.06. The highest BCUT2D eigenvalue weighted by Gasteiger charge is 1.98. The van der Waals surface area contributed by atoms with Crippen LogP contribution < -0.4 is 0 Å². The van der Waals surface area contributed by atoms with Crippen molar-refractivity contribution in [2.45, 2.75) is 26.7 Å². The molecule has 0 aromatic rings. The molecule has 0 fully saturated rings. The molecule has 0 rings (SSSR count). The molecule has 12 heavy (non-hydrogen) atoms. The van der Waals surface area contributed by atoms with Crippen LogP contribution in [0.5, 0.6) is 0 Å². The summed E-state index contributed by atoms with van der Waals surface area (Å²) < 4.78 is 4.79. The van der Waals surface area contributed by atoms with Gasteiger partial charge in [0, 0.05) is 6.42 Å². The molecule has 0 aliphatic heterocycles. The lowest BCUT2D eigenvalue weighted by Crippen LogP contribution is -2.03. The molecule has 0 aromatic heterocycles. The number of rotatable bonds is 5. The van der Waals surface area contributed by atoms with Crippen LogP contribution in [0.4, 0.5) is 0 Å². The number of ether oxygens (including phenoxy) is 1. The Kier molecular flexibility index (Phi) is 6.07. The predicted octanol–water partition coefficient (Wildman–Crippen LogP) is 2.46. The zero-order chi connectivity index (χ0) is 9.40. The molecule has 2 heteroatoms. The van der Waals surface area contributed by atoms with Gasteiger partial charge >= 0.3 is 5.97 Å². The molecule has 68 valence electrons. The van der Waals surface area contributed by atoms with E-state index in [0.717, 1.165) is 6.42 Å². The van der Waals surface area contributed by atoms with Crippen LogP contribution in [0.1, 0.15) is 26.7 Å². The molecule has 0 bridgehead atoms. The molecular formula is C10H16O2. The van der Waals surface area contributed by atoms with Crippen molar-refractivity contribution in [2.24, 2.45) is 0 Å². The average Bonchev–Trinajstić information content (AvgIpc) is 2.00. The standard InChI is InChI=1S/C10H16O2/c1-4-8-12-10(11)7-5-6-9(2)3/h4,6H,1,5,7-8H2,2-3H3. The van der Waals surface area contributed by atoms with E-state index in [1.807, 2.05) is 19.9 Å². The Bertz CT molecular complexity index is 176. The molecule has 0 unspecified atom stereocenters. The van der Waals surface area contributed by atoms with Crippen molar-refractivity contribution in [3.8, 4) is 0 Å². The SMILES string of the molecule is C=CCOC(=O)CCC=C(C)C. The molecule has 0 amide bonds. The number of hydrogen-bond acceptors (Lipinski definition) is 2. The van der Waals surface area contributed by atoms with Crippen molar-refractivity contribution < 1.29 is 9.53 Å². The molecule has 0 heterocycles. The minimum absolute atomic E-state index is 0.160. The topological polar surface area (TPSA) is 26.3 Å². The predicted molar refractivity (Wildman–Crippen MR) is 49.8 cm³/mol. The Morgan fingerprint density at radius 2 is 2.17 bits per heavy atom. The van der Waals surface area contributed by atoms with Gasteiger partial charge in [-0.2, -0.15) is 0 Å². The second kappa shape index (κ2) is 6.65. The fourth-order valence-electron chi connectivity index (χ4n) is 0.703. The Balaban J connectivity index is 3.44. The summed E-state index contributed by atoms with van der Waals surface area (Å²) in [4.78, 5) is 10.9. The average molecular weight is 168 g/mol. The van der Waals surface area contributed by atoms with E-state index in [4.69, 9.17) is 4.74 Å². The minimum Gasteiger partial charge on any atom is -0.461 e. The van der Waals surface area contributed by atoms with E-state index in [9.17, 15) is 4.79 Å². The van der Waals surface area contributed by atoms with Gasteiger partial charge in [0.25, 0.3) is 0 Å². The first kappa shape index (κ1) is 11.0. The first-order chi connectivity index (χ1) is 5.66. The smallest absolute Gasteiger partial charge is 0.306 e. The maximum atomic E-state index is 10.9. The summed E-state index contributed by atoms with van der Waals surface area (Å²) in [5.41, 5.74) is 1.23. The largest absolute Gasteiger partial charge is 0.461 e. The van der Waals surface area contributed by atoms with Crippen LogP contribution in [0.2, 0.25) is 0 Å². The molecule has 0 spiro atoms. The summed E-state index contributed by atoms with van der Waals surface area (Å²) in [6.07, 6.45) is 4.81. The summed E-state index contributed by atoms with van der Waals surface area (Å²) in [7, 11) is 0. The zero-order valence-electron chi connectivity index (χ0n) is 7.80. The van der Waals surface area contributed by atoms with Crippen LogP contribution in [0.3, 0.4) is 0 Å². The summed E-state index contributed by atoms with van der Waals surface area (Å²) in [6.45, 7) is 7.78. The van der Waals surface area contributed by atoms with E-state index in [0.29, 0.717) is 13.0 Å². The normalized spacial score (nSPS) is 8.83. The minimum atomic E-state index is -0.160. The molecular weight excluding hydrogens is 152 g/mol. The van der Waals surface area contributed by atoms with Gasteiger partial charge in [-0.25, -0.2) is 0 Å². The molecule has 2 nitrogen and oxygen atoms in total. The highest BCUT2D eigenvalue weighted by molar-refractivity contribution is 5.69. The van der Waals surface area contributed by atoms with Crippen molar-refractivity contribution in [3.05, 3.63) is 24.3 Å². The highest BCUT2D eigenvalue weighted by atomic mass is 16.5. The van der Waals surface area contributed by atoms with Crippen LogP contribution in [-0.4, -0.2) is 12.6 Å². The molecule has 0 aliphatic carbocycles. The van der Waals surface area contributed by atoms with Gasteiger partial charge in [-0.05, 0) is 20.3 Å². The summed E-state index contributed by atoms with van der Waals surface area (Å²) >= 11 is 0. The first-order valence-electron chi connectivity index (χ1n) is 4.06. The number of carbonyl (C=O) groups is 1. The van der Waals surface area contributed by atoms with Crippen LogP contribution >= 0.6 is 0 Å². The number of esters is 1. The maximum absolute atomic E-state index is 10.9. The van der Waals surface area contributed by atoms with Gasteiger partial charge in [-0.1, -0.05) is 24.3 Å². The lowest BCUT2D eigenvalue weighted by atomic mass is 10.2. The Morgan fingerprint density at radius 3 is 2.67 bits per heavy atom. The Morgan fingerprint density at radius 1 is 1.50 bits per heavy atom. The van der Waals surface area contributed by atoms with E-state index in [1.54, 1.807) is 6.08 Å². The number of allylic oxidation sites excluding steroid dienone is 2. The van der Waals surface area contributed by atoms with E-state index >= 15 is 0 Å². The zero-order valence-corrected chi connectivity index (χ0v) is 7.80. The molecule has 0 saturated heterocycles. The van der Waals surface area contributed by atoms with Gasteiger partial charge in [0.15, 0.2) is 0 Å². The van der Waals surface area contributed by atoms with Crippen molar-refractivity contribution >= 4 is 5.97 Å². The van der Waals surface area contributed by atoms with E-state index in [1.165, 1.54) is 5.57 Å². The fraction of sp³-hybridized carbons (Fsp3) is 0.500. The molecule has 0 saturated carbocycles. The third kappa shape index (κ3) is 7.06. The fourth-order valence-corrected chi connectivity index (χ4v) is 0.703. The lowest BCUT2D eigenvalue weighted by Gasteiger charge is -1.98. The van der Waals surface area contributed by atoms with Gasteiger partial charge in [-0.3, -0.25) is 4.79 Å². The summed E-state index contributed by atoms with van der Waals surface area (Å²) in [5.74, 6) is -0.160. The van der Waals surface area contributed by atoms with E-state index < -0.39 is 0 Å². The van der Waals surface area contributed by atoms with Crippen molar-refractivity contribution in [2.75, 3.05) is 6.61 Å². The van der Waals surface area contributed by atoms with Crippen LogP contribution in [-0.2, 0) is 9.53 Å². The molecule has 0 radical (unpaired) electrons. The van der Waals surface area contributed by atoms with Crippen LogP contribution in [0, 0.1) is 0 Å². The molecule has 0 aromatic carbocycles. The van der Waals surface area contributed by atoms with Crippen molar-refractivity contribution in [1.82, 2.24) is 0 Å². The molecule has 0 atom stereocenters. The molecule has 0 aliphatic rings. The number of carbonyl (C=O) groups excluding carboxylic acids is 1. The monoisotopic (exact) mass is 168 g/mol. The molecule has 0 N–H and O–H groups in total. The van der Waals surface area contributed by atoms with Gasteiger partial charge in [0.2, 0.25) is 0 Å². The lowest BCUT2D eigenvalue weighted by molar-refractivity contribution is -0.142. The second-order valence-corrected chi connectivity index (χ2v) is 2.79. The maximum Gasteiger partial charge on any atom is 0.306 e. The Hall–Kier alpha value is -1.05. The van der Waals surface area contributed by atoms with Crippen LogP contribution in [0.15, 0.2) is 24.3 Å². The van der Waals surface area contributed by atoms with E-state index in [2.05, 4.69) is 6.58 Å². The second-order valence-electron chi connectivity index (χ2n) is 2.79. The van der Waals surface area contributed by atoms with Crippen LogP contribution in [0.25, 0.3) is 0 Å². The van der Waals surface area contributed by atoms with Gasteiger partial charge in [-0.15, -0.1) is 0 Å². The Labute approximate surface area is 73.9 Å².